The molecule has 5 atom stereocenters. The number of carbonyl (C=O) groups is 4. The summed E-state index contributed by atoms with van der Waals surface area (Å²) in [7, 11) is 0. The number of aliphatic carboxylic acids is 1. The van der Waals surface area contributed by atoms with Gasteiger partial charge in [-0.3, -0.25) is 14.4 Å². The number of hydrogen-bond donors (Lipinski definition) is 6. The summed E-state index contributed by atoms with van der Waals surface area (Å²) in [5.41, 5.74) is 6.63. The maximum absolute atomic E-state index is 13.4. The first-order chi connectivity index (χ1) is 17.4. The zero-order valence-corrected chi connectivity index (χ0v) is 23.1. The van der Waals surface area contributed by atoms with Gasteiger partial charge in [-0.25, -0.2) is 4.79 Å². The molecule has 3 amide bonds. The number of phenolic OH excluding ortho intramolecular Hbond substituents is 1. The maximum atomic E-state index is 13.4. The molecule has 0 heterocycles. The predicted molar refractivity (Wildman–Crippen MR) is 145 cm³/mol. The Morgan fingerprint density at radius 2 is 1.54 bits per heavy atom. The number of carboxylic acids is 1. The fraction of sp³-hybridized carbons (Fsp3) is 0.615. The molecule has 208 valence electrons. The summed E-state index contributed by atoms with van der Waals surface area (Å²) >= 11 is 1.57. The Kier molecular flexibility index (Phi) is 14.1. The molecule has 1 rings (SSSR count). The normalized spacial score (nSPS) is 15.2. The van der Waals surface area contributed by atoms with Gasteiger partial charge < -0.3 is 31.9 Å². The number of nitrogens with two attached hydrogens (primary N) is 1. The van der Waals surface area contributed by atoms with Crippen LogP contribution in [0.25, 0.3) is 0 Å². The minimum absolute atomic E-state index is 0.0202. The lowest BCUT2D eigenvalue weighted by Crippen LogP contribution is -2.59. The Bertz CT molecular complexity index is 896. The van der Waals surface area contributed by atoms with Crippen LogP contribution in [0, 0.1) is 11.8 Å². The quantitative estimate of drug-likeness (QED) is 0.184. The van der Waals surface area contributed by atoms with Gasteiger partial charge in [0.2, 0.25) is 17.7 Å². The lowest BCUT2D eigenvalue weighted by molar-refractivity contribution is -0.142. The Morgan fingerprint density at radius 3 is 2.05 bits per heavy atom. The van der Waals surface area contributed by atoms with Crippen LogP contribution in [0.2, 0.25) is 0 Å². The average Bonchev–Trinajstić information content (AvgIpc) is 2.84. The molecule has 0 fully saturated rings. The minimum atomic E-state index is -1.17. The van der Waals surface area contributed by atoms with Crippen molar-refractivity contribution in [3.05, 3.63) is 29.8 Å². The largest absolute Gasteiger partial charge is 0.508 e. The van der Waals surface area contributed by atoms with Crippen LogP contribution in [-0.2, 0) is 25.6 Å². The summed E-state index contributed by atoms with van der Waals surface area (Å²) in [4.78, 5) is 50.9. The van der Waals surface area contributed by atoms with Gasteiger partial charge in [-0.15, -0.1) is 0 Å². The van der Waals surface area contributed by atoms with E-state index in [4.69, 9.17) is 5.73 Å². The second-order valence-corrected chi connectivity index (χ2v) is 10.7. The number of hydrogen-bond acceptors (Lipinski definition) is 7. The van der Waals surface area contributed by atoms with Crippen LogP contribution < -0.4 is 21.7 Å². The number of amides is 3. The molecule has 1 aromatic carbocycles. The van der Waals surface area contributed by atoms with Crippen molar-refractivity contribution in [3.8, 4) is 5.75 Å². The molecule has 7 N–H and O–H groups in total. The number of benzene rings is 1. The van der Waals surface area contributed by atoms with Crippen LogP contribution in [-0.4, -0.2) is 70.1 Å². The third-order valence-corrected chi connectivity index (χ3v) is 6.74. The first-order valence-electron chi connectivity index (χ1n) is 12.6. The Morgan fingerprint density at radius 1 is 0.946 bits per heavy atom. The fourth-order valence-corrected chi connectivity index (χ4v) is 4.13. The summed E-state index contributed by atoms with van der Waals surface area (Å²) in [6, 6.07) is 2.22. The van der Waals surface area contributed by atoms with Gasteiger partial charge in [-0.2, -0.15) is 11.8 Å². The van der Waals surface area contributed by atoms with Crippen molar-refractivity contribution >= 4 is 35.5 Å². The number of nitrogens with one attached hydrogen (secondary N) is 3. The first-order valence-corrected chi connectivity index (χ1v) is 13.9. The summed E-state index contributed by atoms with van der Waals surface area (Å²) in [5.74, 6) is -2.31. The van der Waals surface area contributed by atoms with Gasteiger partial charge in [0.25, 0.3) is 0 Å². The van der Waals surface area contributed by atoms with Gasteiger partial charge in [-0.05, 0) is 54.4 Å². The third-order valence-electron chi connectivity index (χ3n) is 6.09. The predicted octanol–water partition coefficient (Wildman–Crippen LogP) is 1.65. The van der Waals surface area contributed by atoms with Gasteiger partial charge in [0, 0.05) is 6.42 Å². The van der Waals surface area contributed by atoms with E-state index >= 15 is 0 Å². The maximum Gasteiger partial charge on any atom is 0.326 e. The molecule has 11 heteroatoms. The van der Waals surface area contributed by atoms with E-state index < -0.39 is 47.9 Å². The second kappa shape index (κ2) is 16.1. The molecule has 0 aliphatic heterocycles. The molecule has 0 bridgehead atoms. The first kappa shape index (κ1) is 32.2. The number of aromatic hydroxyl groups is 1. The monoisotopic (exact) mass is 538 g/mol. The van der Waals surface area contributed by atoms with Crippen LogP contribution in [0.4, 0.5) is 0 Å². The minimum Gasteiger partial charge on any atom is -0.508 e. The van der Waals surface area contributed by atoms with Gasteiger partial charge in [0.15, 0.2) is 0 Å². The van der Waals surface area contributed by atoms with Crippen LogP contribution >= 0.6 is 11.8 Å². The topological polar surface area (TPSA) is 171 Å². The molecule has 0 unspecified atom stereocenters. The third kappa shape index (κ3) is 11.4. The van der Waals surface area contributed by atoms with Crippen molar-refractivity contribution in [1.29, 1.82) is 0 Å². The zero-order chi connectivity index (χ0) is 28.1. The van der Waals surface area contributed by atoms with Crippen molar-refractivity contribution in [2.75, 3.05) is 12.0 Å². The van der Waals surface area contributed by atoms with Crippen molar-refractivity contribution < 1.29 is 29.4 Å². The van der Waals surface area contributed by atoms with E-state index in [2.05, 4.69) is 16.0 Å². The van der Waals surface area contributed by atoms with Crippen LogP contribution in [0.15, 0.2) is 24.3 Å². The number of phenols is 1. The Hall–Kier alpha value is -2.79. The van der Waals surface area contributed by atoms with E-state index in [0.29, 0.717) is 24.2 Å². The summed E-state index contributed by atoms with van der Waals surface area (Å²) in [5, 5.41) is 27.1. The van der Waals surface area contributed by atoms with E-state index in [1.807, 2.05) is 34.0 Å². The average molecular weight is 539 g/mol. The molecule has 0 spiro atoms. The van der Waals surface area contributed by atoms with E-state index in [1.165, 1.54) is 12.1 Å². The molecule has 0 aliphatic carbocycles. The van der Waals surface area contributed by atoms with Gasteiger partial charge >= 0.3 is 5.97 Å². The van der Waals surface area contributed by atoms with E-state index in [1.54, 1.807) is 23.9 Å². The highest BCUT2D eigenvalue weighted by atomic mass is 32.2. The highest BCUT2D eigenvalue weighted by molar-refractivity contribution is 7.98. The summed E-state index contributed by atoms with van der Waals surface area (Å²) < 4.78 is 0. The summed E-state index contributed by atoms with van der Waals surface area (Å²) in [6.07, 6.45) is 3.24. The van der Waals surface area contributed by atoms with Crippen molar-refractivity contribution in [3.63, 3.8) is 0 Å². The SMILES string of the molecule is CC[C@H](C)[C@H](NC(=O)[C@@H](N)CCSC)C(=O)N[C@@H](Cc1ccc(O)cc1)C(=O)N[C@@H](CC(C)C)C(=O)O. The molecule has 1 aromatic rings. The standard InChI is InChI=1S/C26H42N4O6S/c1-6-16(4)22(30-23(32)19(27)11-12-37-5)25(34)28-20(14-17-7-9-18(31)10-8-17)24(33)29-21(26(35)36)13-15(2)3/h7-10,15-16,19-22,31H,6,11-14,27H2,1-5H3,(H,28,34)(H,29,33)(H,30,32)(H,35,36)/t16-,19-,20-,21-,22-/m0/s1. The second-order valence-electron chi connectivity index (χ2n) is 9.72. The highest BCUT2D eigenvalue weighted by Gasteiger charge is 2.32. The van der Waals surface area contributed by atoms with E-state index in [0.717, 1.165) is 0 Å². The molecular formula is C26H42N4O6S. The zero-order valence-electron chi connectivity index (χ0n) is 22.3. The molecule has 10 nitrogen and oxygen atoms in total. The molecule has 37 heavy (non-hydrogen) atoms. The van der Waals surface area contributed by atoms with Crippen LogP contribution in [0.1, 0.15) is 52.5 Å². The van der Waals surface area contributed by atoms with Crippen molar-refractivity contribution in [1.82, 2.24) is 16.0 Å². The van der Waals surface area contributed by atoms with Crippen LogP contribution in [0.5, 0.6) is 5.75 Å². The molecule has 0 aromatic heterocycles. The Labute approximate surface area is 223 Å². The van der Waals surface area contributed by atoms with Gasteiger partial charge in [0.05, 0.1) is 6.04 Å². The van der Waals surface area contributed by atoms with Crippen molar-refractivity contribution in [2.45, 2.75) is 77.5 Å². The lowest BCUT2D eigenvalue weighted by Gasteiger charge is -2.28. The molecule has 0 saturated carbocycles. The number of thioether (sulfide) groups is 1. The number of carbonyl (C=O) groups excluding carboxylic acids is 3. The van der Waals surface area contributed by atoms with Crippen LogP contribution in [0.3, 0.4) is 0 Å². The van der Waals surface area contributed by atoms with E-state index in [-0.39, 0.29) is 30.4 Å². The highest BCUT2D eigenvalue weighted by Crippen LogP contribution is 2.14. The van der Waals surface area contributed by atoms with Crippen molar-refractivity contribution in [2.24, 2.45) is 17.6 Å². The lowest BCUT2D eigenvalue weighted by atomic mass is 9.96. The molecule has 0 saturated heterocycles. The molecule has 0 aliphatic rings. The van der Waals surface area contributed by atoms with Gasteiger partial charge in [-0.1, -0.05) is 46.2 Å². The number of rotatable bonds is 16. The Balaban J connectivity index is 3.16. The molecule has 0 radical (unpaired) electrons. The van der Waals surface area contributed by atoms with Gasteiger partial charge in [0.1, 0.15) is 23.9 Å². The number of carboxylic acid groups (broad SMARTS) is 1. The smallest absolute Gasteiger partial charge is 0.326 e. The molecular weight excluding hydrogens is 496 g/mol. The van der Waals surface area contributed by atoms with E-state index in [9.17, 15) is 29.4 Å². The fourth-order valence-electron chi connectivity index (χ4n) is 3.64. The summed E-state index contributed by atoms with van der Waals surface area (Å²) in [6.45, 7) is 7.40.